The smallest absolute Gasteiger partial charge is 0.428 e. The molecule has 2 unspecified atom stereocenters. The molecule has 0 radical (unpaired) electrons. The number of H-pyrrole nitrogens is 1. The summed E-state index contributed by atoms with van der Waals surface area (Å²) in [5, 5.41) is 24.0. The highest BCUT2D eigenvalue weighted by Crippen LogP contribution is 2.38. The van der Waals surface area contributed by atoms with E-state index in [4.69, 9.17) is 41.7 Å². The van der Waals surface area contributed by atoms with Gasteiger partial charge < -0.3 is 19.9 Å². The number of halogens is 1. The van der Waals surface area contributed by atoms with Gasteiger partial charge in [-0.2, -0.15) is 0 Å². The van der Waals surface area contributed by atoms with Crippen LogP contribution in [0, 0.1) is 22.7 Å². The molecule has 1 saturated heterocycles. The monoisotopic (exact) mass is 592 g/mol. The van der Waals surface area contributed by atoms with Crippen molar-refractivity contribution in [3.63, 3.8) is 0 Å². The summed E-state index contributed by atoms with van der Waals surface area (Å²) in [5.41, 5.74) is 2.25. The molecular weight excluding hydrogens is 560 g/mol. The third kappa shape index (κ3) is 5.48. The number of allylic oxidation sites excluding steroid dienone is 1. The molecule has 14 heteroatoms. The molecule has 13 nitrogen and oxygen atoms in total. The van der Waals surface area contributed by atoms with Crippen molar-refractivity contribution in [1.29, 1.82) is 10.8 Å². The van der Waals surface area contributed by atoms with E-state index < -0.39 is 11.9 Å². The van der Waals surface area contributed by atoms with Gasteiger partial charge in [0.05, 0.1) is 16.4 Å². The quantitative estimate of drug-likeness (QED) is 0.224. The van der Waals surface area contributed by atoms with Crippen LogP contribution in [-0.2, 0) is 4.74 Å². The predicted octanol–water partition coefficient (Wildman–Crippen LogP) is 3.58. The first-order valence-electron chi connectivity index (χ1n) is 14.1. The van der Waals surface area contributed by atoms with E-state index in [-0.39, 0.29) is 23.7 Å². The van der Waals surface area contributed by atoms with Gasteiger partial charge in [0.25, 0.3) is 0 Å². The summed E-state index contributed by atoms with van der Waals surface area (Å²) < 4.78 is 10.2. The Balaban J connectivity index is 1.44. The molecule has 5 heterocycles. The molecule has 4 aliphatic rings. The molecule has 2 aromatic rings. The molecule has 1 aliphatic carbocycles. The van der Waals surface area contributed by atoms with Gasteiger partial charge in [-0.3, -0.25) is 25.3 Å². The maximum atomic E-state index is 11.8. The summed E-state index contributed by atoms with van der Waals surface area (Å²) in [4.78, 5) is 32.9. The number of rotatable bonds is 6. The van der Waals surface area contributed by atoms with E-state index in [1.807, 2.05) is 6.07 Å². The first-order valence-corrected chi connectivity index (χ1v) is 14.5. The predicted molar refractivity (Wildman–Crippen MR) is 158 cm³/mol. The van der Waals surface area contributed by atoms with Crippen molar-refractivity contribution in [3.05, 3.63) is 63.8 Å². The summed E-state index contributed by atoms with van der Waals surface area (Å²) in [6, 6.07) is 1.46. The summed E-state index contributed by atoms with van der Waals surface area (Å²) in [6.45, 7) is 6.91. The number of hydrogen-bond acceptors (Lipinski definition) is 12. The summed E-state index contributed by atoms with van der Waals surface area (Å²) in [7, 11) is 0. The van der Waals surface area contributed by atoms with Crippen molar-refractivity contribution in [2.45, 2.75) is 57.7 Å². The molecule has 4 N–H and O–H groups in total. The van der Waals surface area contributed by atoms with Gasteiger partial charge in [-0.15, -0.1) is 6.58 Å². The molecule has 2 aromatic heterocycles. The van der Waals surface area contributed by atoms with Crippen molar-refractivity contribution in [2.75, 3.05) is 13.1 Å². The lowest BCUT2D eigenvalue weighted by Crippen LogP contribution is -2.49. The van der Waals surface area contributed by atoms with Gasteiger partial charge in [0.2, 0.25) is 17.7 Å². The number of aromatic nitrogens is 3. The fourth-order valence-electron chi connectivity index (χ4n) is 6.18. The normalized spacial score (nSPS) is 25.5. The highest BCUT2D eigenvalue weighted by atomic mass is 35.5. The van der Waals surface area contributed by atoms with Gasteiger partial charge in [-0.05, 0) is 56.4 Å². The van der Waals surface area contributed by atoms with Crippen LogP contribution in [0.15, 0.2) is 56.1 Å². The number of hydrogen-bond donors (Lipinski definition) is 4. The Morgan fingerprint density at radius 2 is 2.05 bits per heavy atom. The van der Waals surface area contributed by atoms with E-state index in [2.05, 4.69) is 42.9 Å². The molecule has 3 aliphatic heterocycles. The van der Waals surface area contributed by atoms with E-state index >= 15 is 0 Å². The third-order valence-electron chi connectivity index (χ3n) is 8.16. The lowest BCUT2D eigenvalue weighted by atomic mass is 9.82. The first-order chi connectivity index (χ1) is 20.3. The molecule has 2 atom stereocenters. The number of nitrogens with zero attached hydrogens (tertiary/aromatic N) is 6. The fraction of sp³-hybridized carbons (Fsp3) is 0.464. The van der Waals surface area contributed by atoms with Crippen molar-refractivity contribution >= 4 is 40.9 Å². The van der Waals surface area contributed by atoms with E-state index in [0.717, 1.165) is 43.4 Å². The largest absolute Gasteiger partial charge is 0.439 e. The van der Waals surface area contributed by atoms with Gasteiger partial charge in [0, 0.05) is 38.0 Å². The highest BCUT2D eigenvalue weighted by molar-refractivity contribution is 6.30. The fourth-order valence-corrected chi connectivity index (χ4v) is 6.36. The Morgan fingerprint density at radius 1 is 1.24 bits per heavy atom. The number of aromatic amines is 1. The van der Waals surface area contributed by atoms with Crippen LogP contribution in [0.1, 0.15) is 56.8 Å². The molecule has 0 bridgehead atoms. The first kappa shape index (κ1) is 27.9. The molecule has 6 rings (SSSR count). The van der Waals surface area contributed by atoms with Crippen LogP contribution in [0.3, 0.4) is 0 Å². The van der Waals surface area contributed by atoms with Crippen molar-refractivity contribution in [3.8, 4) is 0 Å². The van der Waals surface area contributed by atoms with Gasteiger partial charge in [0.15, 0.2) is 17.9 Å². The van der Waals surface area contributed by atoms with Crippen LogP contribution in [0.4, 0.5) is 0 Å². The second-order valence-corrected chi connectivity index (χ2v) is 11.4. The lowest BCUT2D eigenvalue weighted by Gasteiger charge is -2.37. The average molecular weight is 593 g/mol. The van der Waals surface area contributed by atoms with Crippen LogP contribution >= 0.6 is 11.6 Å². The number of ether oxygens (including phenoxy) is 1. The van der Waals surface area contributed by atoms with Gasteiger partial charge in [-0.1, -0.05) is 22.8 Å². The summed E-state index contributed by atoms with van der Waals surface area (Å²) >= 11 is 6.38. The third-order valence-corrected chi connectivity index (χ3v) is 8.37. The number of guanidine groups is 1. The zero-order chi connectivity index (χ0) is 29.4. The maximum Gasteiger partial charge on any atom is 0.439 e. The molecule has 42 heavy (non-hydrogen) atoms. The van der Waals surface area contributed by atoms with Crippen LogP contribution in [-0.4, -0.2) is 73.8 Å². The molecule has 0 amide bonds. The minimum Gasteiger partial charge on any atom is -0.428 e. The Labute approximate surface area is 247 Å². The van der Waals surface area contributed by atoms with Crippen molar-refractivity contribution in [2.24, 2.45) is 21.8 Å². The van der Waals surface area contributed by atoms with Gasteiger partial charge in [-0.25, -0.2) is 14.8 Å². The number of likely N-dealkylation sites (tertiary alicyclic amines) is 1. The number of aliphatic imine (C=N–C) groups is 2. The second kappa shape index (κ2) is 11.6. The highest BCUT2D eigenvalue weighted by Gasteiger charge is 2.44. The minimum atomic E-state index is -0.692. The molecule has 0 aromatic carbocycles. The molecule has 220 valence electrons. The molecule has 2 fully saturated rings. The second-order valence-electron chi connectivity index (χ2n) is 11.0. The zero-order valence-electron chi connectivity index (χ0n) is 23.3. The topological polar surface area (TPSA) is 172 Å². The lowest BCUT2D eigenvalue weighted by molar-refractivity contribution is 0.255. The van der Waals surface area contributed by atoms with Crippen LogP contribution < -0.4 is 11.1 Å². The minimum absolute atomic E-state index is 0.0248. The number of fused-ring (bicyclic) bond motifs is 1. The maximum absolute atomic E-state index is 11.8. The molecule has 1 saturated carbocycles. The van der Waals surface area contributed by atoms with E-state index in [9.17, 15) is 4.79 Å². The van der Waals surface area contributed by atoms with E-state index in [1.165, 1.54) is 6.92 Å². The van der Waals surface area contributed by atoms with Crippen LogP contribution in [0.5, 0.6) is 0 Å². The van der Waals surface area contributed by atoms with E-state index in [1.54, 1.807) is 12.4 Å². The SMILES string of the molecule is C=CC1CCC(CN2C(N3CCCC3C(=N)OC(C)=N)=NC3N=C(c4noc(=O)[nH]4)NC(c4cncc(Cl)c4)=C32)CC1. The Hall–Kier alpha value is -4.26. The van der Waals surface area contributed by atoms with E-state index in [0.29, 0.717) is 53.9 Å². The average Bonchev–Trinajstić information content (AvgIpc) is 3.71. The molecular formula is C28H33ClN10O3. The van der Waals surface area contributed by atoms with Gasteiger partial charge in [0.1, 0.15) is 6.04 Å². The number of nitrogens with one attached hydrogen (secondary N) is 4. The summed E-state index contributed by atoms with van der Waals surface area (Å²) in [5.74, 6) is 1.41. The Morgan fingerprint density at radius 3 is 2.74 bits per heavy atom. The van der Waals surface area contributed by atoms with Crippen LogP contribution in [0.2, 0.25) is 5.02 Å². The standard InChI is InChI=1S/C28H33ClN10O3/c1-3-16-6-8-17(9-7-16)14-39-22-21(18-11-19(29)13-32-12-18)33-25(26-36-28(40)42-37-26)34-24(22)35-27(39)38-10-4-5-20(38)23(31)41-15(2)30/h3,11-13,16-17,20,24,30-31H,1,4-10,14H2,2H3,(H,33,34)(H,36,37,40). The number of pyridine rings is 1. The zero-order valence-corrected chi connectivity index (χ0v) is 24.0. The van der Waals surface area contributed by atoms with Crippen LogP contribution in [0.25, 0.3) is 5.70 Å². The Bertz CT molecular complexity index is 1550. The Kier molecular flexibility index (Phi) is 7.67. The number of amidine groups is 1. The summed E-state index contributed by atoms with van der Waals surface area (Å²) in [6.07, 6.45) is 10.5. The van der Waals surface area contributed by atoms with Crippen molar-refractivity contribution < 1.29 is 9.26 Å². The van der Waals surface area contributed by atoms with Crippen molar-refractivity contribution in [1.82, 2.24) is 30.2 Å². The molecule has 0 spiro atoms. The van der Waals surface area contributed by atoms with Gasteiger partial charge >= 0.3 is 5.76 Å².